The Hall–Kier alpha value is -4.57. The molecular weight excluding hydrogens is 805 g/mol. The molecule has 1 aliphatic rings. The number of carboxylic acid groups (broad SMARTS) is 1. The number of methoxy groups -OCH3 is 2. The first kappa shape index (κ1) is 52.8. The molecule has 15 nitrogen and oxygen atoms in total. The van der Waals surface area contributed by atoms with E-state index in [-0.39, 0.29) is 43.0 Å². The molecule has 0 bridgehead atoms. The lowest BCUT2D eigenvalue weighted by Crippen LogP contribution is -2.59. The first-order chi connectivity index (χ1) is 30.0. The van der Waals surface area contributed by atoms with Gasteiger partial charge in [0, 0.05) is 40.9 Å². The predicted octanol–water partition coefficient (Wildman–Crippen LogP) is 5.01. The largest absolute Gasteiger partial charge is 0.465 e. The summed E-state index contributed by atoms with van der Waals surface area (Å²) in [6, 6.07) is 13.4. The number of aliphatic hydroxyl groups excluding tert-OH is 1. The van der Waals surface area contributed by atoms with Gasteiger partial charge in [-0.05, 0) is 68.2 Å². The lowest BCUT2D eigenvalue weighted by Gasteiger charge is -2.40. The quantitative estimate of drug-likeness (QED) is 0.0908. The fraction of sp³-hybridized carbons (Fsp3) is 0.646. The minimum Gasteiger partial charge on any atom is -0.465 e. The van der Waals surface area contributed by atoms with Gasteiger partial charge in [0.25, 0.3) is 0 Å². The third kappa shape index (κ3) is 14.0. The molecular formula is C48H76N6O9. The van der Waals surface area contributed by atoms with Gasteiger partial charge in [-0.25, -0.2) is 4.79 Å². The van der Waals surface area contributed by atoms with E-state index in [4.69, 9.17) is 9.47 Å². The Morgan fingerprint density at radius 1 is 0.873 bits per heavy atom. The molecule has 1 saturated heterocycles. The summed E-state index contributed by atoms with van der Waals surface area (Å²) in [7, 11) is 6.56. The zero-order valence-corrected chi connectivity index (χ0v) is 39.5. The molecule has 2 aromatic rings. The number of likely N-dealkylation sites (N-methyl/N-ethyl adjacent to an activating group) is 1. The lowest BCUT2D eigenvalue weighted by molar-refractivity contribution is -0.147. The van der Waals surface area contributed by atoms with Crippen molar-refractivity contribution in [2.75, 3.05) is 41.4 Å². The Morgan fingerprint density at radius 2 is 1.51 bits per heavy atom. The topological polar surface area (TPSA) is 190 Å². The van der Waals surface area contributed by atoms with E-state index < -0.39 is 72.4 Å². The van der Waals surface area contributed by atoms with Gasteiger partial charge in [0.1, 0.15) is 12.1 Å². The average molecular weight is 881 g/mol. The Labute approximate surface area is 375 Å². The molecule has 352 valence electrons. The highest BCUT2D eigenvalue weighted by Crippen LogP contribution is 2.30. The minimum absolute atomic E-state index is 0.0411. The van der Waals surface area contributed by atoms with Crippen molar-refractivity contribution < 1.29 is 43.7 Å². The first-order valence-electron chi connectivity index (χ1n) is 22.6. The van der Waals surface area contributed by atoms with Gasteiger partial charge in [0.15, 0.2) is 0 Å². The molecule has 0 aromatic heterocycles. The van der Waals surface area contributed by atoms with E-state index in [2.05, 4.69) is 16.0 Å². The summed E-state index contributed by atoms with van der Waals surface area (Å²) in [6.07, 6.45) is -0.829. The normalized spacial score (nSPS) is 18.3. The van der Waals surface area contributed by atoms with E-state index in [0.717, 1.165) is 22.4 Å². The van der Waals surface area contributed by atoms with Crippen LogP contribution in [0.4, 0.5) is 4.79 Å². The van der Waals surface area contributed by atoms with Gasteiger partial charge in [0.05, 0.1) is 48.8 Å². The zero-order chi connectivity index (χ0) is 47.0. The van der Waals surface area contributed by atoms with Crippen molar-refractivity contribution in [2.24, 2.45) is 17.8 Å². The van der Waals surface area contributed by atoms with Crippen LogP contribution in [0.15, 0.2) is 54.6 Å². The van der Waals surface area contributed by atoms with Crippen LogP contribution in [0.3, 0.4) is 0 Å². The van der Waals surface area contributed by atoms with Gasteiger partial charge in [-0.15, -0.1) is 0 Å². The van der Waals surface area contributed by atoms with Gasteiger partial charge >= 0.3 is 6.09 Å². The maximum absolute atomic E-state index is 14.4. The molecule has 10 atom stereocenters. The van der Waals surface area contributed by atoms with Gasteiger partial charge in [-0.2, -0.15) is 0 Å². The number of amides is 5. The molecule has 2 aromatic carbocycles. The highest BCUT2D eigenvalue weighted by Gasteiger charge is 2.43. The van der Waals surface area contributed by atoms with E-state index in [1.54, 1.807) is 63.6 Å². The van der Waals surface area contributed by atoms with Crippen LogP contribution in [-0.2, 0) is 41.6 Å². The SMILES string of the molecule is CCC(NC(=O)C(C(C)C)N(CCc1ccccc1CNC)C(=O)O)C(=O)N(C)C([C@@H](C)CC)[C@@H](CC(=O)N1CCC[C@H]1[C@H](OC)[C@@H](C)C(=O)N[C@H](C)[C@@H](O)c1ccccc1)OC. The Kier molecular flexibility index (Phi) is 21.5. The monoisotopic (exact) mass is 881 g/mol. The van der Waals surface area contributed by atoms with Crippen LogP contribution >= 0.6 is 0 Å². The molecule has 5 amide bonds. The van der Waals surface area contributed by atoms with Crippen LogP contribution < -0.4 is 16.0 Å². The van der Waals surface area contributed by atoms with E-state index in [0.29, 0.717) is 37.9 Å². The van der Waals surface area contributed by atoms with E-state index in [1.165, 1.54) is 14.2 Å². The van der Waals surface area contributed by atoms with Crippen molar-refractivity contribution in [2.45, 2.75) is 142 Å². The molecule has 1 aliphatic heterocycles. The molecule has 3 rings (SSSR count). The van der Waals surface area contributed by atoms with Crippen molar-refractivity contribution in [1.82, 2.24) is 30.7 Å². The van der Waals surface area contributed by atoms with Crippen molar-refractivity contribution in [1.29, 1.82) is 0 Å². The zero-order valence-electron chi connectivity index (χ0n) is 39.5. The number of rotatable bonds is 25. The number of hydrogen-bond donors (Lipinski definition) is 5. The van der Waals surface area contributed by atoms with Gasteiger partial charge in [-0.3, -0.25) is 24.1 Å². The summed E-state index contributed by atoms with van der Waals surface area (Å²) >= 11 is 0. The second-order valence-corrected chi connectivity index (χ2v) is 17.4. The third-order valence-electron chi connectivity index (χ3n) is 12.9. The van der Waals surface area contributed by atoms with Gasteiger partial charge < -0.3 is 45.4 Å². The van der Waals surface area contributed by atoms with Crippen LogP contribution in [0, 0.1) is 17.8 Å². The van der Waals surface area contributed by atoms with Crippen molar-refractivity contribution in [3.05, 3.63) is 71.3 Å². The number of carbonyl (C=O) groups excluding carboxylic acids is 4. The van der Waals surface area contributed by atoms with Crippen LogP contribution in [0.1, 0.15) is 103 Å². The van der Waals surface area contributed by atoms with Gasteiger partial charge in [0.2, 0.25) is 23.6 Å². The second-order valence-electron chi connectivity index (χ2n) is 17.4. The lowest BCUT2D eigenvalue weighted by atomic mass is 9.89. The summed E-state index contributed by atoms with van der Waals surface area (Å²) < 4.78 is 12.0. The fourth-order valence-electron chi connectivity index (χ4n) is 9.08. The van der Waals surface area contributed by atoms with E-state index in [1.807, 2.05) is 63.4 Å². The molecule has 1 heterocycles. The Bertz CT molecular complexity index is 1760. The molecule has 63 heavy (non-hydrogen) atoms. The Balaban J connectivity index is 1.77. The smallest absolute Gasteiger partial charge is 0.407 e. The maximum atomic E-state index is 14.4. The van der Waals surface area contributed by atoms with Crippen LogP contribution in [0.2, 0.25) is 0 Å². The first-order valence-corrected chi connectivity index (χ1v) is 22.6. The maximum Gasteiger partial charge on any atom is 0.407 e. The highest BCUT2D eigenvalue weighted by molar-refractivity contribution is 5.91. The number of aliphatic hydroxyl groups is 1. The number of nitrogens with zero attached hydrogens (tertiary/aromatic N) is 3. The number of nitrogens with one attached hydrogen (secondary N) is 3. The molecule has 3 unspecified atom stereocenters. The van der Waals surface area contributed by atoms with Crippen LogP contribution in [-0.4, -0.2) is 138 Å². The van der Waals surface area contributed by atoms with Gasteiger partial charge in [-0.1, -0.05) is 103 Å². The van der Waals surface area contributed by atoms with Crippen molar-refractivity contribution >= 4 is 29.7 Å². The van der Waals surface area contributed by atoms with Crippen molar-refractivity contribution in [3.8, 4) is 0 Å². The predicted molar refractivity (Wildman–Crippen MR) is 244 cm³/mol. The van der Waals surface area contributed by atoms with Crippen LogP contribution in [0.25, 0.3) is 0 Å². The second kappa shape index (κ2) is 25.7. The standard InChI is InChI=1S/C48H76N6O9/c1-12-31(5)42(52(9)47(59)37(13-2)51-46(58)41(30(3)4)54(48(60)61)27-25-34-20-17-18-23-36(34)29-49-8)39(62-10)28-40(55)53-26-19-24-38(53)44(63-11)32(6)45(57)50-33(7)43(56)35-21-15-14-16-22-35/h14-18,20-23,30-33,37-39,41-44,49,56H,12-13,19,24-29H2,1-11H3,(H,50,57)(H,51,58)(H,60,61)/t31-,32+,33+,37?,38-,39+,41?,42?,43+,44+/m0/s1. The molecule has 0 saturated carbocycles. The number of likely N-dealkylation sites (tertiary alicyclic amines) is 1. The summed E-state index contributed by atoms with van der Waals surface area (Å²) in [6.45, 7) is 14.1. The third-order valence-corrected chi connectivity index (χ3v) is 12.9. The number of carbonyl (C=O) groups is 5. The summed E-state index contributed by atoms with van der Waals surface area (Å²) in [5.41, 5.74) is 2.72. The Morgan fingerprint density at radius 3 is 2.06 bits per heavy atom. The number of benzene rings is 2. The van der Waals surface area contributed by atoms with E-state index in [9.17, 15) is 34.2 Å². The minimum atomic E-state index is -1.22. The van der Waals surface area contributed by atoms with Crippen molar-refractivity contribution in [3.63, 3.8) is 0 Å². The average Bonchev–Trinajstić information content (AvgIpc) is 3.76. The number of ether oxygens (including phenoxy) is 2. The van der Waals surface area contributed by atoms with E-state index >= 15 is 0 Å². The van der Waals surface area contributed by atoms with Crippen LogP contribution in [0.5, 0.6) is 0 Å². The molecule has 0 spiro atoms. The summed E-state index contributed by atoms with van der Waals surface area (Å²) in [5.74, 6) is -2.57. The number of hydrogen-bond acceptors (Lipinski definition) is 9. The fourth-order valence-corrected chi connectivity index (χ4v) is 9.08. The molecule has 0 aliphatic carbocycles. The highest BCUT2D eigenvalue weighted by atomic mass is 16.5. The summed E-state index contributed by atoms with van der Waals surface area (Å²) in [5, 5.41) is 30.2. The molecule has 5 N–H and O–H groups in total. The summed E-state index contributed by atoms with van der Waals surface area (Å²) in [4.78, 5) is 73.5. The molecule has 1 fully saturated rings. The molecule has 15 heteroatoms. The molecule has 0 radical (unpaired) electrons.